The fourth-order valence-electron chi connectivity index (χ4n) is 1.55. The number of thioether (sulfide) groups is 1. The zero-order valence-corrected chi connectivity index (χ0v) is 11.6. The summed E-state index contributed by atoms with van der Waals surface area (Å²) in [6.07, 6.45) is 1.61. The molecule has 0 unspecified atom stereocenters. The molecule has 0 aliphatic carbocycles. The number of nitrogens with one attached hydrogen (secondary N) is 1. The first-order valence-corrected chi connectivity index (χ1v) is 7.13. The molecule has 0 radical (unpaired) electrons. The van der Waals surface area contributed by atoms with E-state index in [2.05, 4.69) is 22.4 Å². The van der Waals surface area contributed by atoms with E-state index in [-0.39, 0.29) is 5.91 Å². The average molecular weight is 272 g/mol. The van der Waals surface area contributed by atoms with Crippen LogP contribution in [0.5, 0.6) is 0 Å². The monoisotopic (exact) mass is 272 g/mol. The van der Waals surface area contributed by atoms with Crippen molar-refractivity contribution in [2.45, 2.75) is 11.8 Å². The van der Waals surface area contributed by atoms with Crippen LogP contribution in [0.3, 0.4) is 0 Å². The summed E-state index contributed by atoms with van der Waals surface area (Å²) < 4.78 is 0. The van der Waals surface area contributed by atoms with Gasteiger partial charge in [-0.25, -0.2) is 0 Å². The van der Waals surface area contributed by atoms with Gasteiger partial charge in [-0.1, -0.05) is 18.2 Å². The zero-order chi connectivity index (χ0) is 13.5. The number of nitrogens with zero attached hydrogens (tertiary/aromatic N) is 1. The standard InChI is InChI=1S/C15H16N2OS/c1-12-7-8-13(11-17-12)15(18)16-9-10-19-14-5-3-2-4-6-14/h2-8,11H,9-10H2,1H3,(H,16,18). The van der Waals surface area contributed by atoms with Gasteiger partial charge in [0.1, 0.15) is 0 Å². The quantitative estimate of drug-likeness (QED) is 0.672. The lowest BCUT2D eigenvalue weighted by atomic mass is 10.2. The van der Waals surface area contributed by atoms with Crippen molar-refractivity contribution in [1.29, 1.82) is 0 Å². The normalized spacial score (nSPS) is 10.2. The van der Waals surface area contributed by atoms with E-state index in [1.54, 1.807) is 24.0 Å². The van der Waals surface area contributed by atoms with Crippen molar-refractivity contribution in [1.82, 2.24) is 10.3 Å². The highest BCUT2D eigenvalue weighted by Gasteiger charge is 2.04. The summed E-state index contributed by atoms with van der Waals surface area (Å²) in [6.45, 7) is 2.55. The van der Waals surface area contributed by atoms with Gasteiger partial charge in [-0.2, -0.15) is 0 Å². The second kappa shape index (κ2) is 6.95. The van der Waals surface area contributed by atoms with Crippen LogP contribution in [0.2, 0.25) is 0 Å². The predicted molar refractivity (Wildman–Crippen MR) is 78.5 cm³/mol. The summed E-state index contributed by atoms with van der Waals surface area (Å²) in [4.78, 5) is 17.1. The van der Waals surface area contributed by atoms with Crippen molar-refractivity contribution in [3.8, 4) is 0 Å². The Kier molecular flexibility index (Phi) is 4.98. The van der Waals surface area contributed by atoms with Crippen LogP contribution in [-0.2, 0) is 0 Å². The number of aromatic nitrogens is 1. The molecular formula is C15H16N2OS. The summed E-state index contributed by atoms with van der Waals surface area (Å²) in [5.74, 6) is 0.788. The molecule has 0 aliphatic heterocycles. The zero-order valence-electron chi connectivity index (χ0n) is 10.8. The molecule has 1 N–H and O–H groups in total. The molecule has 0 aliphatic rings. The lowest BCUT2D eigenvalue weighted by Crippen LogP contribution is -2.25. The van der Waals surface area contributed by atoms with Gasteiger partial charge in [0.05, 0.1) is 5.56 Å². The molecule has 1 aromatic carbocycles. The lowest BCUT2D eigenvalue weighted by molar-refractivity contribution is 0.0956. The number of carbonyl (C=O) groups is 1. The van der Waals surface area contributed by atoms with Crippen LogP contribution in [0.4, 0.5) is 0 Å². The number of benzene rings is 1. The molecule has 1 amide bonds. The van der Waals surface area contributed by atoms with Crippen molar-refractivity contribution < 1.29 is 4.79 Å². The SMILES string of the molecule is Cc1ccc(C(=O)NCCSc2ccccc2)cn1. The summed E-state index contributed by atoms with van der Waals surface area (Å²) in [5, 5.41) is 2.89. The van der Waals surface area contributed by atoms with Gasteiger partial charge < -0.3 is 5.32 Å². The second-order valence-corrected chi connectivity index (χ2v) is 5.27. The van der Waals surface area contributed by atoms with Crippen LogP contribution >= 0.6 is 11.8 Å². The Balaban J connectivity index is 1.74. The predicted octanol–water partition coefficient (Wildman–Crippen LogP) is 2.91. The number of aryl methyl sites for hydroxylation is 1. The first kappa shape index (κ1) is 13.6. The fourth-order valence-corrected chi connectivity index (χ4v) is 2.34. The maximum Gasteiger partial charge on any atom is 0.252 e. The number of carbonyl (C=O) groups excluding carboxylic acids is 1. The van der Waals surface area contributed by atoms with Crippen molar-refractivity contribution in [2.75, 3.05) is 12.3 Å². The van der Waals surface area contributed by atoms with Crippen LogP contribution in [0, 0.1) is 6.92 Å². The maximum absolute atomic E-state index is 11.8. The van der Waals surface area contributed by atoms with Crippen LogP contribution < -0.4 is 5.32 Å². The van der Waals surface area contributed by atoms with Gasteiger partial charge >= 0.3 is 0 Å². The molecule has 1 heterocycles. The first-order valence-electron chi connectivity index (χ1n) is 6.14. The Morgan fingerprint density at radius 3 is 2.68 bits per heavy atom. The Bertz CT molecular complexity index is 526. The van der Waals surface area contributed by atoms with Gasteiger partial charge in [0.2, 0.25) is 0 Å². The molecule has 2 rings (SSSR count). The number of rotatable bonds is 5. The van der Waals surface area contributed by atoms with E-state index in [0.717, 1.165) is 11.4 Å². The molecule has 3 nitrogen and oxygen atoms in total. The highest BCUT2D eigenvalue weighted by atomic mass is 32.2. The molecule has 0 spiro atoms. The molecular weight excluding hydrogens is 256 g/mol. The van der Waals surface area contributed by atoms with Crippen LogP contribution in [0.1, 0.15) is 16.1 Å². The molecule has 0 atom stereocenters. The van der Waals surface area contributed by atoms with Gasteiger partial charge in [-0.15, -0.1) is 11.8 Å². The van der Waals surface area contributed by atoms with Crippen molar-refractivity contribution in [3.05, 3.63) is 59.9 Å². The molecule has 0 bridgehead atoms. The Hall–Kier alpha value is -1.81. The van der Waals surface area contributed by atoms with Crippen molar-refractivity contribution in [2.24, 2.45) is 0 Å². The maximum atomic E-state index is 11.8. The molecule has 0 saturated carbocycles. The number of amides is 1. The molecule has 2 aromatic rings. The van der Waals surface area contributed by atoms with Gasteiger partial charge in [0.25, 0.3) is 5.91 Å². The van der Waals surface area contributed by atoms with E-state index in [9.17, 15) is 4.79 Å². The third-order valence-electron chi connectivity index (χ3n) is 2.57. The highest BCUT2D eigenvalue weighted by Crippen LogP contribution is 2.15. The number of hydrogen-bond donors (Lipinski definition) is 1. The second-order valence-electron chi connectivity index (χ2n) is 4.11. The lowest BCUT2D eigenvalue weighted by Gasteiger charge is -2.05. The van der Waals surface area contributed by atoms with E-state index >= 15 is 0 Å². The van der Waals surface area contributed by atoms with Gasteiger partial charge in [0, 0.05) is 29.1 Å². The highest BCUT2D eigenvalue weighted by molar-refractivity contribution is 7.99. The topological polar surface area (TPSA) is 42.0 Å². The van der Waals surface area contributed by atoms with Gasteiger partial charge in [0.15, 0.2) is 0 Å². The summed E-state index contributed by atoms with van der Waals surface area (Å²) >= 11 is 1.73. The minimum atomic E-state index is -0.0684. The largest absolute Gasteiger partial charge is 0.351 e. The Labute approximate surface area is 117 Å². The molecule has 98 valence electrons. The Morgan fingerprint density at radius 1 is 1.21 bits per heavy atom. The minimum absolute atomic E-state index is 0.0684. The summed E-state index contributed by atoms with van der Waals surface area (Å²) in [6, 6.07) is 13.8. The first-order chi connectivity index (χ1) is 9.25. The van der Waals surface area contributed by atoms with Crippen LogP contribution in [0.15, 0.2) is 53.6 Å². The third-order valence-corrected chi connectivity index (χ3v) is 3.59. The fraction of sp³-hybridized carbons (Fsp3) is 0.200. The summed E-state index contributed by atoms with van der Waals surface area (Å²) in [5.41, 5.74) is 1.52. The Morgan fingerprint density at radius 2 is 2.00 bits per heavy atom. The van der Waals surface area contributed by atoms with E-state index in [0.29, 0.717) is 12.1 Å². The van der Waals surface area contributed by atoms with E-state index in [1.165, 1.54) is 4.90 Å². The van der Waals surface area contributed by atoms with Gasteiger partial charge in [-0.3, -0.25) is 9.78 Å². The van der Waals surface area contributed by atoms with Crippen molar-refractivity contribution >= 4 is 17.7 Å². The van der Waals surface area contributed by atoms with Crippen LogP contribution in [-0.4, -0.2) is 23.2 Å². The summed E-state index contributed by atoms with van der Waals surface area (Å²) in [7, 11) is 0. The molecule has 19 heavy (non-hydrogen) atoms. The molecule has 0 fully saturated rings. The average Bonchev–Trinajstić information content (AvgIpc) is 2.45. The number of pyridine rings is 1. The van der Waals surface area contributed by atoms with Crippen LogP contribution in [0.25, 0.3) is 0 Å². The molecule has 1 aromatic heterocycles. The van der Waals surface area contributed by atoms with Gasteiger partial charge in [-0.05, 0) is 31.2 Å². The van der Waals surface area contributed by atoms with E-state index < -0.39 is 0 Å². The van der Waals surface area contributed by atoms with E-state index in [1.807, 2.05) is 31.2 Å². The third kappa shape index (κ3) is 4.41. The molecule has 0 saturated heterocycles. The minimum Gasteiger partial charge on any atom is -0.351 e. The smallest absolute Gasteiger partial charge is 0.252 e. The van der Waals surface area contributed by atoms with E-state index in [4.69, 9.17) is 0 Å². The molecule has 4 heteroatoms. The van der Waals surface area contributed by atoms with Crippen molar-refractivity contribution in [3.63, 3.8) is 0 Å². The number of hydrogen-bond acceptors (Lipinski definition) is 3.